The highest BCUT2D eigenvalue weighted by atomic mass is 35.5. The molecule has 140 valence electrons. The van der Waals surface area contributed by atoms with E-state index in [4.69, 9.17) is 11.6 Å². The number of carbonyl (C=O) groups excluding carboxylic acids is 1. The monoisotopic (exact) mass is 395 g/mol. The van der Waals surface area contributed by atoms with Gasteiger partial charge in [-0.1, -0.05) is 49.7 Å². The van der Waals surface area contributed by atoms with Gasteiger partial charge in [-0.25, -0.2) is 13.1 Å². The average Bonchev–Trinajstić information content (AvgIpc) is 2.60. The summed E-state index contributed by atoms with van der Waals surface area (Å²) in [5, 5.41) is 3.12. The third kappa shape index (κ3) is 6.09. The highest BCUT2D eigenvalue weighted by molar-refractivity contribution is 7.88. The molecule has 0 aliphatic heterocycles. The molecule has 1 amide bonds. The Labute approximate surface area is 159 Å². The van der Waals surface area contributed by atoms with Crippen LogP contribution in [0.4, 0.5) is 0 Å². The lowest BCUT2D eigenvalue weighted by atomic mass is 10.0. The molecule has 1 heterocycles. The molecule has 1 aromatic heterocycles. The van der Waals surface area contributed by atoms with E-state index in [0.717, 1.165) is 5.56 Å². The molecule has 0 bridgehead atoms. The molecule has 0 saturated heterocycles. The van der Waals surface area contributed by atoms with Gasteiger partial charge in [-0.15, -0.1) is 0 Å². The summed E-state index contributed by atoms with van der Waals surface area (Å²) < 4.78 is 27.5. The molecular weight excluding hydrogens is 374 g/mol. The number of nitrogens with zero attached hydrogens (tertiary/aromatic N) is 1. The van der Waals surface area contributed by atoms with Crippen LogP contribution in [0.5, 0.6) is 0 Å². The van der Waals surface area contributed by atoms with Crippen molar-refractivity contribution in [3.63, 3.8) is 0 Å². The Morgan fingerprint density at radius 2 is 1.92 bits per heavy atom. The molecule has 1 aromatic carbocycles. The van der Waals surface area contributed by atoms with Gasteiger partial charge in [-0.2, -0.15) is 0 Å². The van der Waals surface area contributed by atoms with Crippen molar-refractivity contribution in [1.29, 1.82) is 0 Å². The molecule has 0 saturated carbocycles. The van der Waals surface area contributed by atoms with Crippen LogP contribution in [-0.2, 0) is 27.1 Å². The Balaban J connectivity index is 2.04. The van der Waals surface area contributed by atoms with Gasteiger partial charge >= 0.3 is 0 Å². The minimum absolute atomic E-state index is 0.218. The molecule has 8 heteroatoms. The lowest BCUT2D eigenvalue weighted by Gasteiger charge is -2.22. The van der Waals surface area contributed by atoms with E-state index in [1.54, 1.807) is 56.6 Å². The van der Waals surface area contributed by atoms with E-state index >= 15 is 0 Å². The first-order valence-electron chi connectivity index (χ1n) is 8.18. The van der Waals surface area contributed by atoms with Gasteiger partial charge in [0.25, 0.3) is 0 Å². The van der Waals surface area contributed by atoms with Gasteiger partial charge in [-0.3, -0.25) is 9.78 Å². The fourth-order valence-electron chi connectivity index (χ4n) is 2.35. The van der Waals surface area contributed by atoms with Crippen LogP contribution in [0.3, 0.4) is 0 Å². The lowest BCUT2D eigenvalue weighted by Crippen LogP contribution is -2.49. The molecule has 0 aliphatic carbocycles. The SMILES string of the molecule is CC(C)[C@H](NS(=O)(=O)Cc1ccccc1Cl)C(=O)NCc1cccnc1. The first-order chi connectivity index (χ1) is 12.3. The average molecular weight is 396 g/mol. The van der Waals surface area contributed by atoms with Gasteiger partial charge in [0.1, 0.15) is 6.04 Å². The Morgan fingerprint density at radius 1 is 1.19 bits per heavy atom. The second-order valence-corrected chi connectivity index (χ2v) is 8.43. The summed E-state index contributed by atoms with van der Waals surface area (Å²) in [5.74, 6) is -0.886. The number of aromatic nitrogens is 1. The fourth-order valence-corrected chi connectivity index (χ4v) is 4.14. The van der Waals surface area contributed by atoms with Crippen LogP contribution in [0.25, 0.3) is 0 Å². The van der Waals surface area contributed by atoms with Gasteiger partial charge in [0.2, 0.25) is 15.9 Å². The number of carbonyl (C=O) groups is 1. The van der Waals surface area contributed by atoms with Gasteiger partial charge in [-0.05, 0) is 29.2 Å². The van der Waals surface area contributed by atoms with Crippen LogP contribution in [0, 0.1) is 5.92 Å². The van der Waals surface area contributed by atoms with E-state index in [1.165, 1.54) is 0 Å². The summed E-state index contributed by atoms with van der Waals surface area (Å²) in [7, 11) is -3.74. The number of rotatable bonds is 8. The first-order valence-corrected chi connectivity index (χ1v) is 10.2. The number of benzene rings is 1. The van der Waals surface area contributed by atoms with E-state index in [1.807, 2.05) is 6.07 Å². The summed E-state index contributed by atoms with van der Waals surface area (Å²) in [6.45, 7) is 3.85. The molecule has 0 fully saturated rings. The molecule has 0 spiro atoms. The molecule has 26 heavy (non-hydrogen) atoms. The Bertz CT molecular complexity index is 842. The minimum Gasteiger partial charge on any atom is -0.351 e. The Morgan fingerprint density at radius 3 is 2.54 bits per heavy atom. The quantitative estimate of drug-likeness (QED) is 0.718. The van der Waals surface area contributed by atoms with Crippen LogP contribution in [0.2, 0.25) is 5.02 Å². The number of halogens is 1. The summed E-state index contributed by atoms with van der Waals surface area (Å²) in [5.41, 5.74) is 1.32. The maximum atomic E-state index is 12.5. The van der Waals surface area contributed by atoms with Gasteiger partial charge in [0.05, 0.1) is 5.75 Å². The van der Waals surface area contributed by atoms with Gasteiger partial charge in [0.15, 0.2) is 0 Å². The zero-order chi connectivity index (χ0) is 19.2. The summed E-state index contributed by atoms with van der Waals surface area (Å²) in [6, 6.07) is 9.46. The van der Waals surface area contributed by atoms with Crippen LogP contribution in [0.15, 0.2) is 48.8 Å². The highest BCUT2D eigenvalue weighted by Crippen LogP contribution is 2.18. The fraction of sp³-hybridized carbons (Fsp3) is 0.333. The van der Waals surface area contributed by atoms with E-state index < -0.39 is 16.1 Å². The highest BCUT2D eigenvalue weighted by Gasteiger charge is 2.27. The van der Waals surface area contributed by atoms with Crippen molar-refractivity contribution in [3.8, 4) is 0 Å². The van der Waals surface area contributed by atoms with Crippen LogP contribution in [-0.4, -0.2) is 25.4 Å². The summed E-state index contributed by atoms with van der Waals surface area (Å²) >= 11 is 6.03. The predicted octanol–water partition coefficient (Wildman–Crippen LogP) is 2.50. The van der Waals surface area contributed by atoms with Crippen molar-refractivity contribution in [2.75, 3.05) is 0 Å². The van der Waals surface area contributed by atoms with E-state index in [2.05, 4.69) is 15.0 Å². The number of nitrogens with one attached hydrogen (secondary N) is 2. The third-order valence-corrected chi connectivity index (χ3v) is 5.42. The van der Waals surface area contributed by atoms with Crippen LogP contribution in [0.1, 0.15) is 25.0 Å². The second kappa shape index (κ2) is 9.12. The predicted molar refractivity (Wildman–Crippen MR) is 102 cm³/mol. The lowest BCUT2D eigenvalue weighted by molar-refractivity contribution is -0.123. The third-order valence-electron chi connectivity index (χ3n) is 3.75. The number of sulfonamides is 1. The Hall–Kier alpha value is -1.96. The van der Waals surface area contributed by atoms with E-state index in [9.17, 15) is 13.2 Å². The molecule has 2 N–H and O–H groups in total. The molecule has 1 atom stereocenters. The summed E-state index contributed by atoms with van der Waals surface area (Å²) in [6.07, 6.45) is 3.29. The smallest absolute Gasteiger partial charge is 0.238 e. The molecule has 2 aromatic rings. The first kappa shape index (κ1) is 20.4. The molecule has 2 rings (SSSR count). The van der Waals surface area contributed by atoms with Crippen LogP contribution < -0.4 is 10.0 Å². The maximum Gasteiger partial charge on any atom is 0.238 e. The maximum absolute atomic E-state index is 12.5. The molecule has 0 aliphatic rings. The molecule has 6 nitrogen and oxygen atoms in total. The van der Waals surface area contributed by atoms with Gasteiger partial charge in [0, 0.05) is 24.0 Å². The topological polar surface area (TPSA) is 88.2 Å². The zero-order valence-corrected chi connectivity index (χ0v) is 16.2. The normalized spacial score (nSPS) is 12.8. The molecular formula is C18H22ClN3O3S. The number of hydrogen-bond acceptors (Lipinski definition) is 4. The number of pyridine rings is 1. The summed E-state index contributed by atoms with van der Waals surface area (Å²) in [4.78, 5) is 16.5. The minimum atomic E-state index is -3.74. The van der Waals surface area contributed by atoms with E-state index in [0.29, 0.717) is 10.6 Å². The number of amides is 1. The Kier molecular flexibility index (Phi) is 7.14. The van der Waals surface area contributed by atoms with Crippen molar-refractivity contribution in [1.82, 2.24) is 15.0 Å². The van der Waals surface area contributed by atoms with E-state index in [-0.39, 0.29) is 24.1 Å². The number of hydrogen-bond donors (Lipinski definition) is 2. The largest absolute Gasteiger partial charge is 0.351 e. The van der Waals surface area contributed by atoms with Gasteiger partial charge < -0.3 is 5.32 Å². The van der Waals surface area contributed by atoms with Crippen molar-refractivity contribution in [2.45, 2.75) is 32.2 Å². The van der Waals surface area contributed by atoms with Crippen molar-refractivity contribution in [3.05, 3.63) is 64.9 Å². The molecule has 0 radical (unpaired) electrons. The van der Waals surface area contributed by atoms with Crippen molar-refractivity contribution in [2.24, 2.45) is 5.92 Å². The van der Waals surface area contributed by atoms with Crippen molar-refractivity contribution >= 4 is 27.5 Å². The van der Waals surface area contributed by atoms with Crippen LogP contribution >= 0.6 is 11.6 Å². The zero-order valence-electron chi connectivity index (χ0n) is 14.6. The standard InChI is InChI=1S/C18H22ClN3O3S/c1-13(2)17(18(23)21-11-14-6-5-9-20-10-14)22-26(24,25)12-15-7-3-4-8-16(15)19/h3-10,13,17,22H,11-12H2,1-2H3,(H,21,23)/t17-/m0/s1. The second-order valence-electron chi connectivity index (χ2n) is 6.27. The van der Waals surface area contributed by atoms with Crippen molar-refractivity contribution < 1.29 is 13.2 Å². The molecule has 0 unspecified atom stereocenters.